The second-order valence-electron chi connectivity index (χ2n) is 4.10. The number of hydrogen-bond acceptors (Lipinski definition) is 6. The van der Waals surface area contributed by atoms with Crippen LogP contribution in [0.2, 0.25) is 0 Å². The van der Waals surface area contributed by atoms with E-state index in [0.717, 1.165) is 19.3 Å². The molecule has 0 saturated heterocycles. The Morgan fingerprint density at radius 3 is 0.500 bits per heavy atom. The molecule has 0 rings (SSSR count). The van der Waals surface area contributed by atoms with Crippen LogP contribution in [-0.4, -0.2) is 59.1 Å². The zero-order valence-corrected chi connectivity index (χ0v) is 16.2. The average molecular weight is 419 g/mol. The number of ketones is 6. The van der Waals surface area contributed by atoms with Crippen LogP contribution in [0.25, 0.3) is 0 Å². The van der Waals surface area contributed by atoms with Crippen molar-refractivity contribution in [3.05, 3.63) is 19.3 Å². The van der Waals surface area contributed by atoms with Gasteiger partial charge >= 0.3 is 24.4 Å². The van der Waals surface area contributed by atoms with E-state index in [2.05, 4.69) is 0 Å². The monoisotopic (exact) mass is 418 g/mol. The SMILES string of the molecule is CC(=O)[CH-]C(C)=O.CC(=O)[CH-]C(C)=O.CC(=O)[CH-]C(C)=O.[Sb+3]. The molecule has 0 aliphatic heterocycles. The molecule has 0 heterocycles. The summed E-state index contributed by atoms with van der Waals surface area (Å²) >= 11 is 0. The van der Waals surface area contributed by atoms with Crippen molar-refractivity contribution in [1.82, 2.24) is 0 Å². The van der Waals surface area contributed by atoms with E-state index < -0.39 is 0 Å². The summed E-state index contributed by atoms with van der Waals surface area (Å²) < 4.78 is 0. The van der Waals surface area contributed by atoms with Crippen molar-refractivity contribution in [1.29, 1.82) is 0 Å². The first-order chi connectivity index (χ1) is 9.38. The molecule has 0 aromatic carbocycles. The van der Waals surface area contributed by atoms with Crippen LogP contribution in [0, 0.1) is 19.3 Å². The van der Waals surface area contributed by atoms with Gasteiger partial charge in [-0.2, -0.15) is 0 Å². The zero-order valence-electron chi connectivity index (χ0n) is 13.6. The van der Waals surface area contributed by atoms with Gasteiger partial charge in [-0.05, 0) is 41.5 Å². The summed E-state index contributed by atoms with van der Waals surface area (Å²) in [6, 6.07) is 0. The van der Waals surface area contributed by atoms with Gasteiger partial charge in [0, 0.05) is 34.7 Å². The van der Waals surface area contributed by atoms with Gasteiger partial charge in [0.1, 0.15) is 0 Å². The normalized spacial score (nSPS) is 7.36. The predicted octanol–water partition coefficient (Wildman–Crippen LogP) is 0.725. The van der Waals surface area contributed by atoms with Gasteiger partial charge in [-0.25, -0.2) is 0 Å². The fourth-order valence-electron chi connectivity index (χ4n) is 0.859. The summed E-state index contributed by atoms with van der Waals surface area (Å²) in [6.45, 7) is 8.09. The Kier molecular flexibility index (Phi) is 22.7. The Balaban J connectivity index is -0.000000108. The van der Waals surface area contributed by atoms with Gasteiger partial charge in [0.05, 0.1) is 0 Å². The summed E-state index contributed by atoms with van der Waals surface area (Å²) in [6.07, 6.45) is 3.17. The second kappa shape index (κ2) is 17.5. The van der Waals surface area contributed by atoms with Gasteiger partial charge in [0.25, 0.3) is 0 Å². The minimum absolute atomic E-state index is 0. The van der Waals surface area contributed by atoms with Crippen molar-refractivity contribution in [3.63, 3.8) is 0 Å². The van der Waals surface area contributed by atoms with Crippen LogP contribution in [0.1, 0.15) is 41.5 Å². The number of carbonyl (C=O) groups is 6. The molecule has 0 spiro atoms. The molecule has 0 amide bonds. The fourth-order valence-corrected chi connectivity index (χ4v) is 0.859. The summed E-state index contributed by atoms with van der Waals surface area (Å²) in [5.41, 5.74) is 0. The van der Waals surface area contributed by atoms with E-state index in [4.69, 9.17) is 0 Å². The van der Waals surface area contributed by atoms with Gasteiger partial charge in [-0.15, -0.1) is 0 Å². The van der Waals surface area contributed by atoms with Crippen LogP contribution in [-0.2, 0) is 28.8 Å². The molecule has 0 unspecified atom stereocenters. The van der Waals surface area contributed by atoms with E-state index >= 15 is 0 Å². The molecule has 0 aliphatic rings. The average Bonchev–Trinajstić information content (AvgIpc) is 2.10. The van der Waals surface area contributed by atoms with Crippen molar-refractivity contribution in [2.75, 3.05) is 0 Å². The first-order valence-corrected chi connectivity index (χ1v) is 5.96. The number of Topliss-reactive ketones (excluding diaryl/α,β-unsaturated/α-hetero) is 6. The Morgan fingerprint density at radius 1 is 0.409 bits per heavy atom. The third-order valence-corrected chi connectivity index (χ3v) is 1.22. The molecule has 0 aliphatic carbocycles. The van der Waals surface area contributed by atoms with Gasteiger partial charge in [-0.3, -0.25) is 19.3 Å². The third kappa shape index (κ3) is 51.4. The molecule has 122 valence electrons. The summed E-state index contributed by atoms with van der Waals surface area (Å²) in [5.74, 6) is -1.12. The van der Waals surface area contributed by atoms with Crippen LogP contribution < -0.4 is 0 Å². The zero-order chi connectivity index (χ0) is 17.6. The van der Waals surface area contributed by atoms with E-state index in [1.807, 2.05) is 0 Å². The quantitative estimate of drug-likeness (QED) is 0.357. The Hall–Kier alpha value is -1.55. The molecule has 0 N–H and O–H groups in total. The first kappa shape index (κ1) is 28.6. The maximum absolute atomic E-state index is 9.98. The molecule has 0 bridgehead atoms. The van der Waals surface area contributed by atoms with Gasteiger partial charge < -0.3 is 28.8 Å². The summed E-state index contributed by atoms with van der Waals surface area (Å²) in [4.78, 5) is 59.9. The maximum Gasteiger partial charge on any atom is 3.00 e. The topological polar surface area (TPSA) is 102 Å². The Bertz CT molecular complexity index is 314. The molecule has 7 heteroatoms. The molecule has 0 fully saturated rings. The molecule has 2 radical (unpaired) electrons. The molecule has 0 aromatic heterocycles. The molecular weight excluding hydrogens is 398 g/mol. The number of hydrogen-bond donors (Lipinski definition) is 0. The smallest absolute Gasteiger partial charge is 0.334 e. The van der Waals surface area contributed by atoms with Crippen molar-refractivity contribution in [2.24, 2.45) is 0 Å². The number of carbonyl (C=O) groups excluding carboxylic acids is 6. The molecule has 22 heavy (non-hydrogen) atoms. The second-order valence-corrected chi connectivity index (χ2v) is 4.10. The van der Waals surface area contributed by atoms with Crippen molar-refractivity contribution >= 4 is 59.1 Å². The largest absolute Gasteiger partial charge is 3.00 e. The Morgan fingerprint density at radius 2 is 0.500 bits per heavy atom. The third-order valence-electron chi connectivity index (χ3n) is 1.22. The first-order valence-electron chi connectivity index (χ1n) is 5.96. The van der Waals surface area contributed by atoms with Gasteiger partial charge in [-0.1, -0.05) is 0 Å². The summed E-state index contributed by atoms with van der Waals surface area (Å²) in [5, 5.41) is 0. The summed E-state index contributed by atoms with van der Waals surface area (Å²) in [7, 11) is 0. The van der Waals surface area contributed by atoms with Crippen LogP contribution >= 0.6 is 0 Å². The van der Waals surface area contributed by atoms with E-state index in [0.29, 0.717) is 0 Å². The number of rotatable bonds is 6. The molecular formula is C15H21O6Sb. The minimum atomic E-state index is -0.187. The van der Waals surface area contributed by atoms with Crippen molar-refractivity contribution in [2.45, 2.75) is 41.5 Å². The van der Waals surface area contributed by atoms with E-state index in [1.54, 1.807) is 0 Å². The van der Waals surface area contributed by atoms with Crippen LogP contribution in [0.15, 0.2) is 0 Å². The standard InChI is InChI=1S/3C5H7O2.Sb/c3*1-4(6)3-5(2)7;/h3*3H,1-2H3;/q3*-1;+3. The fraction of sp³-hybridized carbons (Fsp3) is 0.400. The molecule has 6 nitrogen and oxygen atoms in total. The van der Waals surface area contributed by atoms with E-state index in [-0.39, 0.29) is 59.1 Å². The minimum Gasteiger partial charge on any atom is -0.334 e. The Labute approximate surface area is 148 Å². The van der Waals surface area contributed by atoms with Crippen LogP contribution in [0.5, 0.6) is 0 Å². The molecule has 0 aromatic rings. The van der Waals surface area contributed by atoms with Gasteiger partial charge in [0.2, 0.25) is 0 Å². The van der Waals surface area contributed by atoms with Crippen LogP contribution in [0.3, 0.4) is 0 Å². The van der Waals surface area contributed by atoms with E-state index in [1.165, 1.54) is 41.5 Å². The van der Waals surface area contributed by atoms with E-state index in [9.17, 15) is 28.8 Å². The van der Waals surface area contributed by atoms with Crippen LogP contribution in [0.4, 0.5) is 0 Å². The maximum atomic E-state index is 9.98. The van der Waals surface area contributed by atoms with Crippen molar-refractivity contribution < 1.29 is 28.8 Å². The van der Waals surface area contributed by atoms with Gasteiger partial charge in [0.15, 0.2) is 0 Å². The molecule has 0 saturated carbocycles. The van der Waals surface area contributed by atoms with Crippen molar-refractivity contribution in [3.8, 4) is 0 Å². The molecule has 0 atom stereocenters. The predicted molar refractivity (Wildman–Crippen MR) is 82.7 cm³/mol.